The number of urea groups is 1. The standard InChI is InChI=1S/C30H34N8O/c1-4-26-36-27(20-10-12-22(13-11-20)35-30(39)34-21-8-6-5-7-9-21)28(37-26)24-14-15-32-29-25(24)18-23(33-29)19-31-16-17-38(2)3/h5-15,18,26,31H,4,16-17,19H2,1-3H3,(H,32,33)(H2,34,35,39). The Balaban J connectivity index is 1.34. The molecule has 4 aromatic rings. The SMILES string of the molecule is CCC1N=C(c2ccc(NC(=O)Nc3ccccc3)cc2)C(c2ccnc3[nH]c(CNCCN(C)C)cc23)=N1. The number of aromatic amines is 1. The van der Waals surface area contributed by atoms with Crippen LogP contribution >= 0.6 is 0 Å². The minimum absolute atomic E-state index is 0.126. The number of pyridine rings is 1. The van der Waals surface area contributed by atoms with Crippen molar-refractivity contribution in [3.05, 3.63) is 89.7 Å². The normalized spacial score (nSPS) is 14.9. The molecule has 5 rings (SSSR count). The zero-order valence-electron chi connectivity index (χ0n) is 22.5. The van der Waals surface area contributed by atoms with Crippen LogP contribution in [0.5, 0.6) is 0 Å². The van der Waals surface area contributed by atoms with Gasteiger partial charge in [-0.15, -0.1) is 0 Å². The number of aromatic nitrogens is 2. The van der Waals surface area contributed by atoms with E-state index in [9.17, 15) is 4.79 Å². The number of H-pyrrole nitrogens is 1. The molecule has 9 nitrogen and oxygen atoms in total. The van der Waals surface area contributed by atoms with Gasteiger partial charge >= 0.3 is 6.03 Å². The molecule has 1 atom stereocenters. The fraction of sp³-hybridized carbons (Fsp3) is 0.267. The molecular formula is C30H34N8O. The monoisotopic (exact) mass is 522 g/mol. The molecule has 1 aliphatic heterocycles. The Kier molecular flexibility index (Phi) is 8.10. The van der Waals surface area contributed by atoms with Gasteiger partial charge in [-0.1, -0.05) is 37.3 Å². The van der Waals surface area contributed by atoms with Gasteiger partial charge in [-0.05, 0) is 56.9 Å². The molecule has 1 aliphatic rings. The molecule has 0 spiro atoms. The van der Waals surface area contributed by atoms with Gasteiger partial charge in [-0.25, -0.2) is 9.78 Å². The largest absolute Gasteiger partial charge is 0.342 e. The number of para-hydroxylation sites is 1. The van der Waals surface area contributed by atoms with Crippen LogP contribution in [-0.4, -0.2) is 65.7 Å². The lowest BCUT2D eigenvalue weighted by atomic mass is 9.98. The summed E-state index contributed by atoms with van der Waals surface area (Å²) >= 11 is 0. The zero-order valence-corrected chi connectivity index (χ0v) is 22.5. The van der Waals surface area contributed by atoms with Crippen molar-refractivity contribution < 1.29 is 4.79 Å². The van der Waals surface area contributed by atoms with Gasteiger partial charge in [0.25, 0.3) is 0 Å². The fourth-order valence-electron chi connectivity index (χ4n) is 4.48. The number of carbonyl (C=O) groups excluding carboxylic acids is 1. The molecule has 0 radical (unpaired) electrons. The maximum absolute atomic E-state index is 12.4. The van der Waals surface area contributed by atoms with Gasteiger partial charge in [0.15, 0.2) is 0 Å². The lowest BCUT2D eigenvalue weighted by Crippen LogP contribution is -2.26. The molecule has 0 fully saturated rings. The Morgan fingerprint density at radius 3 is 2.38 bits per heavy atom. The van der Waals surface area contributed by atoms with Crippen molar-refractivity contribution in [3.63, 3.8) is 0 Å². The van der Waals surface area contributed by atoms with E-state index in [1.54, 1.807) is 0 Å². The summed E-state index contributed by atoms with van der Waals surface area (Å²) in [6, 6.07) is 20.9. The summed E-state index contributed by atoms with van der Waals surface area (Å²) in [7, 11) is 4.14. The van der Waals surface area contributed by atoms with Crippen LogP contribution < -0.4 is 16.0 Å². The number of likely N-dealkylation sites (N-methyl/N-ethyl adjacent to an activating group) is 1. The van der Waals surface area contributed by atoms with Crippen molar-refractivity contribution in [2.75, 3.05) is 37.8 Å². The molecule has 9 heteroatoms. The van der Waals surface area contributed by atoms with Crippen molar-refractivity contribution in [1.29, 1.82) is 0 Å². The van der Waals surface area contributed by atoms with E-state index >= 15 is 0 Å². The number of nitrogens with one attached hydrogen (secondary N) is 4. The van der Waals surface area contributed by atoms with E-state index in [2.05, 4.69) is 57.9 Å². The van der Waals surface area contributed by atoms with Crippen LogP contribution in [0.4, 0.5) is 16.2 Å². The summed E-state index contributed by atoms with van der Waals surface area (Å²) in [6.07, 6.45) is 2.50. The summed E-state index contributed by atoms with van der Waals surface area (Å²) in [6.45, 7) is 4.71. The summed E-state index contributed by atoms with van der Waals surface area (Å²) in [5.74, 6) is 0. The molecule has 0 saturated carbocycles. The first-order valence-corrected chi connectivity index (χ1v) is 13.2. The highest BCUT2D eigenvalue weighted by Crippen LogP contribution is 2.26. The predicted molar refractivity (Wildman–Crippen MR) is 159 cm³/mol. The smallest absolute Gasteiger partial charge is 0.323 e. The number of anilines is 2. The molecule has 200 valence electrons. The number of hydrogen-bond donors (Lipinski definition) is 4. The highest BCUT2D eigenvalue weighted by molar-refractivity contribution is 6.55. The molecule has 2 aromatic carbocycles. The van der Waals surface area contributed by atoms with Crippen molar-refractivity contribution in [1.82, 2.24) is 20.2 Å². The molecular weight excluding hydrogens is 488 g/mol. The fourth-order valence-corrected chi connectivity index (χ4v) is 4.48. The van der Waals surface area contributed by atoms with Crippen LogP contribution in [0.3, 0.4) is 0 Å². The molecule has 3 heterocycles. The number of benzene rings is 2. The molecule has 4 N–H and O–H groups in total. The van der Waals surface area contributed by atoms with Crippen molar-refractivity contribution in [3.8, 4) is 0 Å². The van der Waals surface area contributed by atoms with E-state index in [-0.39, 0.29) is 12.2 Å². The first kappa shape index (κ1) is 26.3. The van der Waals surface area contributed by atoms with Crippen molar-refractivity contribution in [2.45, 2.75) is 26.1 Å². The number of fused-ring (bicyclic) bond motifs is 1. The zero-order chi connectivity index (χ0) is 27.2. The Labute approximate surface area is 228 Å². The summed E-state index contributed by atoms with van der Waals surface area (Å²) < 4.78 is 0. The second-order valence-electron chi connectivity index (χ2n) is 9.76. The first-order chi connectivity index (χ1) is 19.0. The number of amides is 2. The summed E-state index contributed by atoms with van der Waals surface area (Å²) in [5, 5.41) is 10.2. The van der Waals surface area contributed by atoms with Gasteiger partial charge in [-0.3, -0.25) is 9.98 Å². The third-order valence-electron chi connectivity index (χ3n) is 6.49. The van der Waals surface area contributed by atoms with Crippen LogP contribution in [0.2, 0.25) is 0 Å². The lowest BCUT2D eigenvalue weighted by molar-refractivity contribution is 0.262. The van der Waals surface area contributed by atoms with Gasteiger partial charge < -0.3 is 25.8 Å². The van der Waals surface area contributed by atoms with Crippen LogP contribution in [0.1, 0.15) is 30.2 Å². The molecule has 0 aliphatic carbocycles. The van der Waals surface area contributed by atoms with Gasteiger partial charge in [0, 0.05) is 59.4 Å². The van der Waals surface area contributed by atoms with E-state index < -0.39 is 0 Å². The Bertz CT molecular complexity index is 1490. The Hall–Kier alpha value is -4.34. The Morgan fingerprint density at radius 2 is 1.67 bits per heavy atom. The summed E-state index contributed by atoms with van der Waals surface area (Å²) in [4.78, 5) is 32.5. The van der Waals surface area contributed by atoms with E-state index in [4.69, 9.17) is 9.98 Å². The minimum Gasteiger partial charge on any atom is -0.342 e. The predicted octanol–water partition coefficient (Wildman–Crippen LogP) is 4.89. The maximum atomic E-state index is 12.4. The van der Waals surface area contributed by atoms with E-state index in [1.165, 1.54) is 0 Å². The number of aliphatic imine (C=N–C) groups is 2. The second-order valence-corrected chi connectivity index (χ2v) is 9.76. The molecule has 1 unspecified atom stereocenters. The number of nitrogens with zero attached hydrogens (tertiary/aromatic N) is 4. The molecule has 0 bridgehead atoms. The first-order valence-electron chi connectivity index (χ1n) is 13.2. The minimum atomic E-state index is -0.293. The van der Waals surface area contributed by atoms with E-state index in [0.717, 1.165) is 71.0 Å². The third kappa shape index (κ3) is 6.39. The van der Waals surface area contributed by atoms with Gasteiger partial charge in [-0.2, -0.15) is 0 Å². The molecule has 39 heavy (non-hydrogen) atoms. The van der Waals surface area contributed by atoms with Crippen LogP contribution in [0.15, 0.2) is 82.9 Å². The van der Waals surface area contributed by atoms with Crippen LogP contribution in [0, 0.1) is 0 Å². The average molecular weight is 523 g/mol. The number of rotatable bonds is 10. The van der Waals surface area contributed by atoms with Gasteiger partial charge in [0.1, 0.15) is 11.8 Å². The average Bonchev–Trinajstić information content (AvgIpc) is 3.56. The molecule has 2 aromatic heterocycles. The van der Waals surface area contributed by atoms with Gasteiger partial charge in [0.05, 0.1) is 11.4 Å². The quantitative estimate of drug-likeness (QED) is 0.222. The summed E-state index contributed by atoms with van der Waals surface area (Å²) in [5.41, 5.74) is 7.02. The van der Waals surface area contributed by atoms with Crippen LogP contribution in [0.25, 0.3) is 11.0 Å². The van der Waals surface area contributed by atoms with Crippen molar-refractivity contribution in [2.24, 2.45) is 9.98 Å². The molecule has 2 amide bonds. The maximum Gasteiger partial charge on any atom is 0.323 e. The number of hydrogen-bond acceptors (Lipinski definition) is 6. The highest BCUT2D eigenvalue weighted by Gasteiger charge is 2.25. The number of carbonyl (C=O) groups is 1. The van der Waals surface area contributed by atoms with E-state index in [1.807, 2.05) is 66.9 Å². The van der Waals surface area contributed by atoms with Crippen molar-refractivity contribution >= 4 is 39.9 Å². The van der Waals surface area contributed by atoms with E-state index in [0.29, 0.717) is 5.69 Å². The molecule has 0 saturated heterocycles. The highest BCUT2D eigenvalue weighted by atomic mass is 16.2. The third-order valence-corrected chi connectivity index (χ3v) is 6.49. The van der Waals surface area contributed by atoms with Crippen LogP contribution in [-0.2, 0) is 6.54 Å². The topological polar surface area (TPSA) is 110 Å². The lowest BCUT2D eigenvalue weighted by Gasteiger charge is -2.10. The Morgan fingerprint density at radius 1 is 0.949 bits per heavy atom. The van der Waals surface area contributed by atoms with Gasteiger partial charge in [0.2, 0.25) is 0 Å². The second kappa shape index (κ2) is 12.0.